The number of aryl methyl sites for hydroxylation is 1. The molecular weight excluding hydrogens is 178 g/mol. The van der Waals surface area contributed by atoms with Crippen LogP contribution in [-0.2, 0) is 0 Å². The van der Waals surface area contributed by atoms with Crippen LogP contribution in [0.3, 0.4) is 0 Å². The van der Waals surface area contributed by atoms with E-state index in [1.165, 1.54) is 16.0 Å². The lowest BCUT2D eigenvalue weighted by Crippen LogP contribution is -2.05. The maximum atomic E-state index is 3.14. The molecule has 0 radical (unpaired) electrons. The highest BCUT2D eigenvalue weighted by atomic mass is 32.1. The zero-order chi connectivity index (χ0) is 9.68. The molecule has 0 aliphatic rings. The minimum absolute atomic E-state index is 1.06. The Labute approximate surface area is 84.5 Å². The molecule has 0 aromatic carbocycles. The first-order valence-corrected chi connectivity index (χ1v) is 5.49. The third-order valence-electron chi connectivity index (χ3n) is 2.13. The summed E-state index contributed by atoms with van der Waals surface area (Å²) in [5, 5.41) is 5.29. The highest BCUT2D eigenvalue weighted by molar-refractivity contribution is 7.10. The second-order valence-electron chi connectivity index (χ2n) is 3.17. The molecule has 0 spiro atoms. The second-order valence-corrected chi connectivity index (χ2v) is 4.29. The molecule has 0 saturated heterocycles. The normalized spacial score (nSPS) is 12.1. The van der Waals surface area contributed by atoms with Crippen molar-refractivity contribution in [2.45, 2.75) is 20.3 Å². The van der Waals surface area contributed by atoms with Crippen LogP contribution in [0.25, 0.3) is 5.57 Å². The summed E-state index contributed by atoms with van der Waals surface area (Å²) < 4.78 is 0. The van der Waals surface area contributed by atoms with Crippen LogP contribution in [0.5, 0.6) is 0 Å². The fraction of sp³-hybridized carbons (Fsp3) is 0.455. The monoisotopic (exact) mass is 195 g/mol. The van der Waals surface area contributed by atoms with Gasteiger partial charge in [0.25, 0.3) is 0 Å². The van der Waals surface area contributed by atoms with Crippen molar-refractivity contribution < 1.29 is 0 Å². The van der Waals surface area contributed by atoms with Gasteiger partial charge in [-0.3, -0.25) is 0 Å². The van der Waals surface area contributed by atoms with Gasteiger partial charge >= 0.3 is 0 Å². The molecule has 0 aliphatic heterocycles. The van der Waals surface area contributed by atoms with Crippen molar-refractivity contribution in [2.75, 3.05) is 13.6 Å². The smallest absolute Gasteiger partial charge is 0.00891 e. The maximum absolute atomic E-state index is 3.14. The van der Waals surface area contributed by atoms with Crippen molar-refractivity contribution in [2.24, 2.45) is 0 Å². The molecule has 0 aliphatic carbocycles. The summed E-state index contributed by atoms with van der Waals surface area (Å²) in [5.41, 5.74) is 2.80. The summed E-state index contributed by atoms with van der Waals surface area (Å²) >= 11 is 1.82. The standard InChI is InChI=1S/C11H17NS/c1-9(5-4-7-12-3)11-6-8-13-10(11)2/h5-6,8,12H,4,7H2,1-3H3/b9-5-. The van der Waals surface area contributed by atoms with Gasteiger partial charge in [-0.1, -0.05) is 6.08 Å². The van der Waals surface area contributed by atoms with Crippen LogP contribution < -0.4 is 5.32 Å². The summed E-state index contributed by atoms with van der Waals surface area (Å²) in [6, 6.07) is 2.20. The first kappa shape index (κ1) is 10.5. The molecule has 0 atom stereocenters. The lowest BCUT2D eigenvalue weighted by Gasteiger charge is -2.00. The Kier molecular flexibility index (Phi) is 4.19. The van der Waals surface area contributed by atoms with Crippen molar-refractivity contribution in [3.63, 3.8) is 0 Å². The van der Waals surface area contributed by atoms with Crippen molar-refractivity contribution >= 4 is 16.9 Å². The molecule has 1 rings (SSSR count). The zero-order valence-corrected chi connectivity index (χ0v) is 9.37. The van der Waals surface area contributed by atoms with Crippen molar-refractivity contribution in [3.05, 3.63) is 28.0 Å². The Balaban J connectivity index is 2.62. The van der Waals surface area contributed by atoms with Gasteiger partial charge in [-0.15, -0.1) is 11.3 Å². The van der Waals surface area contributed by atoms with Gasteiger partial charge < -0.3 is 5.32 Å². The Hall–Kier alpha value is -0.600. The number of hydrogen-bond acceptors (Lipinski definition) is 2. The Morgan fingerprint density at radius 1 is 1.62 bits per heavy atom. The Morgan fingerprint density at radius 2 is 2.38 bits per heavy atom. The topological polar surface area (TPSA) is 12.0 Å². The van der Waals surface area contributed by atoms with Crippen LogP contribution in [0.1, 0.15) is 23.8 Å². The third kappa shape index (κ3) is 2.98. The van der Waals surface area contributed by atoms with E-state index in [0.717, 1.165) is 13.0 Å². The van der Waals surface area contributed by atoms with Crippen LogP contribution in [0.15, 0.2) is 17.5 Å². The minimum atomic E-state index is 1.06. The Morgan fingerprint density at radius 3 is 2.92 bits per heavy atom. The lowest BCUT2D eigenvalue weighted by atomic mass is 10.1. The zero-order valence-electron chi connectivity index (χ0n) is 8.55. The van der Waals surface area contributed by atoms with Crippen LogP contribution in [0.2, 0.25) is 0 Å². The van der Waals surface area contributed by atoms with Crippen LogP contribution >= 0.6 is 11.3 Å². The van der Waals surface area contributed by atoms with Crippen molar-refractivity contribution in [1.29, 1.82) is 0 Å². The van der Waals surface area contributed by atoms with E-state index in [9.17, 15) is 0 Å². The van der Waals surface area contributed by atoms with E-state index in [0.29, 0.717) is 0 Å². The molecule has 2 heteroatoms. The van der Waals surface area contributed by atoms with Gasteiger partial charge in [0.1, 0.15) is 0 Å². The molecule has 1 aromatic heterocycles. The summed E-state index contributed by atoms with van der Waals surface area (Å²) in [6.45, 7) is 5.42. The van der Waals surface area contributed by atoms with E-state index >= 15 is 0 Å². The highest BCUT2D eigenvalue weighted by Crippen LogP contribution is 2.23. The summed E-state index contributed by atoms with van der Waals surface area (Å²) in [6.07, 6.45) is 3.41. The number of hydrogen-bond donors (Lipinski definition) is 1. The molecule has 0 unspecified atom stereocenters. The first-order valence-electron chi connectivity index (χ1n) is 4.61. The fourth-order valence-electron chi connectivity index (χ4n) is 1.34. The van der Waals surface area contributed by atoms with Gasteiger partial charge in [0.05, 0.1) is 0 Å². The quantitative estimate of drug-likeness (QED) is 0.728. The van der Waals surface area contributed by atoms with E-state index < -0.39 is 0 Å². The molecule has 0 saturated carbocycles. The lowest BCUT2D eigenvalue weighted by molar-refractivity contribution is 0.808. The SMILES string of the molecule is CNCC/C=C(/C)c1ccsc1C. The fourth-order valence-corrected chi connectivity index (χ4v) is 2.10. The van der Waals surface area contributed by atoms with E-state index in [-0.39, 0.29) is 0 Å². The van der Waals surface area contributed by atoms with Gasteiger partial charge in [-0.2, -0.15) is 0 Å². The summed E-state index contributed by atoms with van der Waals surface area (Å²) in [5.74, 6) is 0. The molecule has 13 heavy (non-hydrogen) atoms. The molecule has 0 fully saturated rings. The molecule has 1 nitrogen and oxygen atoms in total. The molecule has 1 aromatic rings. The van der Waals surface area contributed by atoms with Gasteiger partial charge in [-0.25, -0.2) is 0 Å². The average Bonchev–Trinajstić information content (AvgIpc) is 2.52. The second kappa shape index (κ2) is 5.20. The van der Waals surface area contributed by atoms with Gasteiger partial charge in [0, 0.05) is 4.88 Å². The predicted octanol–water partition coefficient (Wildman–Crippen LogP) is 3.07. The van der Waals surface area contributed by atoms with E-state index in [1.807, 2.05) is 18.4 Å². The predicted molar refractivity (Wildman–Crippen MR) is 61.3 cm³/mol. The molecule has 1 N–H and O–H groups in total. The number of nitrogens with one attached hydrogen (secondary N) is 1. The van der Waals surface area contributed by atoms with Gasteiger partial charge in [0.15, 0.2) is 0 Å². The number of allylic oxidation sites excluding steroid dienone is 1. The van der Waals surface area contributed by atoms with Crippen molar-refractivity contribution in [1.82, 2.24) is 5.32 Å². The number of rotatable bonds is 4. The first-order chi connectivity index (χ1) is 6.25. The summed E-state index contributed by atoms with van der Waals surface area (Å²) in [4.78, 5) is 1.42. The summed E-state index contributed by atoms with van der Waals surface area (Å²) in [7, 11) is 1.99. The van der Waals surface area contributed by atoms with Crippen LogP contribution in [0, 0.1) is 6.92 Å². The van der Waals surface area contributed by atoms with Crippen LogP contribution in [0.4, 0.5) is 0 Å². The van der Waals surface area contributed by atoms with E-state index in [2.05, 4.69) is 36.7 Å². The van der Waals surface area contributed by atoms with E-state index in [4.69, 9.17) is 0 Å². The molecule has 0 bridgehead atoms. The third-order valence-corrected chi connectivity index (χ3v) is 2.97. The molecular formula is C11H17NS. The van der Waals surface area contributed by atoms with Gasteiger partial charge in [0.2, 0.25) is 0 Å². The Bertz CT molecular complexity index is 286. The highest BCUT2D eigenvalue weighted by Gasteiger charge is 1.99. The van der Waals surface area contributed by atoms with Gasteiger partial charge in [-0.05, 0) is 56.4 Å². The maximum Gasteiger partial charge on any atom is 0.00891 e. The van der Waals surface area contributed by atoms with Crippen molar-refractivity contribution in [3.8, 4) is 0 Å². The minimum Gasteiger partial charge on any atom is -0.319 e. The largest absolute Gasteiger partial charge is 0.319 e. The van der Waals surface area contributed by atoms with Crippen LogP contribution in [-0.4, -0.2) is 13.6 Å². The molecule has 0 amide bonds. The van der Waals surface area contributed by atoms with E-state index in [1.54, 1.807) is 0 Å². The average molecular weight is 195 g/mol. The number of thiophene rings is 1. The molecule has 72 valence electrons. The molecule has 1 heterocycles.